The Morgan fingerprint density at radius 3 is 2.47 bits per heavy atom. The van der Waals surface area contributed by atoms with Gasteiger partial charge in [0.1, 0.15) is 0 Å². The minimum atomic E-state index is -4.46. The molecular formula is C12H10F3NO3. The van der Waals surface area contributed by atoms with Crippen LogP contribution in [0.2, 0.25) is 0 Å². The van der Waals surface area contributed by atoms with Gasteiger partial charge >= 0.3 is 12.1 Å². The molecule has 0 saturated carbocycles. The quantitative estimate of drug-likeness (QED) is 0.882. The first-order valence-corrected chi connectivity index (χ1v) is 5.29. The van der Waals surface area contributed by atoms with Crippen LogP contribution in [0, 0.1) is 0 Å². The van der Waals surface area contributed by atoms with E-state index in [4.69, 9.17) is 5.11 Å². The summed E-state index contributed by atoms with van der Waals surface area (Å²) in [6, 6.07) is 4.33. The van der Waals surface area contributed by atoms with Crippen molar-refractivity contribution in [3.05, 3.63) is 35.5 Å². The molecule has 1 heterocycles. The van der Waals surface area contributed by atoms with E-state index in [-0.39, 0.29) is 11.1 Å². The second-order valence-electron chi connectivity index (χ2n) is 4.14. The molecule has 2 N–H and O–H groups in total. The van der Waals surface area contributed by atoms with Crippen molar-refractivity contribution in [1.82, 2.24) is 4.57 Å². The number of carboxylic acids is 1. The van der Waals surface area contributed by atoms with Gasteiger partial charge in [0.15, 0.2) is 6.10 Å². The SMILES string of the molecule is Cn1c(C(O)C(=O)O)cc2cc(C(F)(F)F)ccc21. The van der Waals surface area contributed by atoms with Gasteiger partial charge in [-0.1, -0.05) is 0 Å². The van der Waals surface area contributed by atoms with E-state index < -0.39 is 23.8 Å². The topological polar surface area (TPSA) is 62.5 Å². The fourth-order valence-corrected chi connectivity index (χ4v) is 1.94. The number of carboxylic acid groups (broad SMARTS) is 1. The van der Waals surface area contributed by atoms with E-state index in [0.717, 1.165) is 12.1 Å². The van der Waals surface area contributed by atoms with Gasteiger partial charge in [-0.25, -0.2) is 4.79 Å². The highest BCUT2D eigenvalue weighted by molar-refractivity contribution is 5.84. The Balaban J connectivity index is 2.60. The number of carbonyl (C=O) groups is 1. The van der Waals surface area contributed by atoms with Crippen LogP contribution in [0.4, 0.5) is 13.2 Å². The summed E-state index contributed by atoms with van der Waals surface area (Å²) in [4.78, 5) is 10.7. The largest absolute Gasteiger partial charge is 0.479 e. The van der Waals surface area contributed by atoms with Gasteiger partial charge in [0.25, 0.3) is 0 Å². The maximum atomic E-state index is 12.6. The molecule has 0 bridgehead atoms. The van der Waals surface area contributed by atoms with Crippen molar-refractivity contribution in [1.29, 1.82) is 0 Å². The molecule has 0 saturated heterocycles. The van der Waals surface area contributed by atoms with E-state index in [9.17, 15) is 23.1 Å². The Hall–Kier alpha value is -2.02. The fraction of sp³-hybridized carbons (Fsp3) is 0.250. The second kappa shape index (κ2) is 4.27. The molecule has 1 aromatic carbocycles. The Kier molecular flexibility index (Phi) is 3.01. The molecule has 0 spiro atoms. The van der Waals surface area contributed by atoms with Gasteiger partial charge in [-0.15, -0.1) is 0 Å². The number of aliphatic hydroxyl groups excluding tert-OH is 1. The Bertz CT molecular complexity index is 645. The van der Waals surface area contributed by atoms with Crippen molar-refractivity contribution in [2.24, 2.45) is 7.05 Å². The highest BCUT2D eigenvalue weighted by Crippen LogP contribution is 2.33. The van der Waals surface area contributed by atoms with Crippen molar-refractivity contribution < 1.29 is 28.2 Å². The molecule has 4 nitrogen and oxygen atoms in total. The van der Waals surface area contributed by atoms with Crippen LogP contribution in [0.25, 0.3) is 10.9 Å². The summed E-state index contributed by atoms with van der Waals surface area (Å²) >= 11 is 0. The first-order valence-electron chi connectivity index (χ1n) is 5.29. The van der Waals surface area contributed by atoms with E-state index >= 15 is 0 Å². The number of aliphatic carboxylic acids is 1. The average molecular weight is 273 g/mol. The summed E-state index contributed by atoms with van der Waals surface area (Å²) in [7, 11) is 1.48. The maximum Gasteiger partial charge on any atom is 0.416 e. The number of rotatable bonds is 2. The third-order valence-electron chi connectivity index (χ3n) is 2.92. The summed E-state index contributed by atoms with van der Waals surface area (Å²) in [5.74, 6) is -1.46. The molecule has 0 aliphatic heterocycles. The van der Waals surface area contributed by atoms with Crippen LogP contribution < -0.4 is 0 Å². The molecule has 7 heteroatoms. The molecule has 19 heavy (non-hydrogen) atoms. The van der Waals surface area contributed by atoms with Gasteiger partial charge in [0.05, 0.1) is 11.3 Å². The molecule has 0 radical (unpaired) electrons. The average Bonchev–Trinajstić information content (AvgIpc) is 2.64. The highest BCUT2D eigenvalue weighted by atomic mass is 19.4. The molecule has 1 aromatic heterocycles. The molecule has 1 atom stereocenters. The van der Waals surface area contributed by atoms with E-state index in [0.29, 0.717) is 5.52 Å². The summed E-state index contributed by atoms with van der Waals surface area (Å²) < 4.78 is 39.0. The van der Waals surface area contributed by atoms with Crippen LogP contribution in [0.15, 0.2) is 24.3 Å². The van der Waals surface area contributed by atoms with Gasteiger partial charge < -0.3 is 14.8 Å². The zero-order valence-electron chi connectivity index (χ0n) is 9.77. The predicted octanol–water partition coefficient (Wildman–Crippen LogP) is 2.32. The van der Waals surface area contributed by atoms with Gasteiger partial charge in [0.2, 0.25) is 0 Å². The standard InChI is InChI=1S/C12H10F3NO3/c1-16-8-3-2-7(12(13,14)15)4-6(8)5-9(16)10(17)11(18)19/h2-5,10,17H,1H3,(H,18,19). The summed E-state index contributed by atoms with van der Waals surface area (Å²) in [6.07, 6.45) is -6.23. The minimum absolute atomic E-state index is 0.0295. The summed E-state index contributed by atoms with van der Waals surface area (Å²) in [5.41, 5.74) is -0.368. The smallest absolute Gasteiger partial charge is 0.416 e. The molecule has 0 aliphatic carbocycles. The third kappa shape index (κ3) is 2.28. The molecule has 0 amide bonds. The third-order valence-corrected chi connectivity index (χ3v) is 2.92. The van der Waals surface area contributed by atoms with Gasteiger partial charge in [-0.3, -0.25) is 0 Å². The van der Waals surface area contributed by atoms with E-state index in [1.807, 2.05) is 0 Å². The number of alkyl halides is 3. The first kappa shape index (κ1) is 13.4. The molecule has 1 unspecified atom stereocenters. The highest BCUT2D eigenvalue weighted by Gasteiger charge is 2.31. The van der Waals surface area contributed by atoms with Crippen molar-refractivity contribution >= 4 is 16.9 Å². The first-order chi connectivity index (χ1) is 8.71. The molecular weight excluding hydrogens is 263 g/mol. The molecule has 2 aromatic rings. The zero-order valence-corrected chi connectivity index (χ0v) is 9.77. The number of aliphatic hydroxyl groups is 1. The predicted molar refractivity (Wildman–Crippen MR) is 60.5 cm³/mol. The monoisotopic (exact) mass is 273 g/mol. The lowest BCUT2D eigenvalue weighted by Crippen LogP contribution is -2.13. The molecule has 0 fully saturated rings. The number of hydrogen-bond acceptors (Lipinski definition) is 2. The Morgan fingerprint density at radius 2 is 1.95 bits per heavy atom. The lowest BCUT2D eigenvalue weighted by Gasteiger charge is -2.08. The number of benzene rings is 1. The van der Waals surface area contributed by atoms with Crippen LogP contribution in [0.5, 0.6) is 0 Å². The lowest BCUT2D eigenvalue weighted by molar-refractivity contribution is -0.147. The van der Waals surface area contributed by atoms with Crippen LogP contribution in [-0.2, 0) is 18.0 Å². The molecule has 102 valence electrons. The Labute approximate surface area is 105 Å². The van der Waals surface area contributed by atoms with Gasteiger partial charge in [-0.2, -0.15) is 13.2 Å². The number of aryl methyl sites for hydroxylation is 1. The van der Waals surface area contributed by atoms with Gasteiger partial charge in [-0.05, 0) is 24.3 Å². The second-order valence-corrected chi connectivity index (χ2v) is 4.14. The van der Waals surface area contributed by atoms with Crippen molar-refractivity contribution in [3.63, 3.8) is 0 Å². The minimum Gasteiger partial charge on any atom is -0.479 e. The van der Waals surface area contributed by atoms with Crippen molar-refractivity contribution in [2.75, 3.05) is 0 Å². The van der Waals surface area contributed by atoms with Crippen LogP contribution in [0.3, 0.4) is 0 Å². The fourth-order valence-electron chi connectivity index (χ4n) is 1.94. The van der Waals surface area contributed by atoms with Gasteiger partial charge in [0, 0.05) is 18.0 Å². The van der Waals surface area contributed by atoms with Crippen molar-refractivity contribution in [3.8, 4) is 0 Å². The maximum absolute atomic E-state index is 12.6. The molecule has 0 aliphatic rings. The van der Waals surface area contributed by atoms with Crippen molar-refractivity contribution in [2.45, 2.75) is 12.3 Å². The molecule has 2 rings (SSSR count). The van der Waals surface area contributed by atoms with E-state index in [1.165, 1.54) is 23.7 Å². The lowest BCUT2D eigenvalue weighted by atomic mass is 10.1. The van der Waals surface area contributed by atoms with E-state index in [1.54, 1.807) is 0 Å². The zero-order chi connectivity index (χ0) is 14.4. The van der Waals surface area contributed by atoms with Crippen LogP contribution in [-0.4, -0.2) is 20.7 Å². The Morgan fingerprint density at radius 1 is 1.32 bits per heavy atom. The number of fused-ring (bicyclic) bond motifs is 1. The van der Waals surface area contributed by atoms with Crippen LogP contribution in [0.1, 0.15) is 17.4 Å². The normalized spacial score (nSPS) is 13.7. The summed E-state index contributed by atoms with van der Waals surface area (Å²) in [5, 5.41) is 18.4. The van der Waals surface area contributed by atoms with E-state index in [2.05, 4.69) is 0 Å². The summed E-state index contributed by atoms with van der Waals surface area (Å²) in [6.45, 7) is 0. The number of aromatic nitrogens is 1. The number of halogens is 3. The number of nitrogens with zero attached hydrogens (tertiary/aromatic N) is 1. The number of hydrogen-bond donors (Lipinski definition) is 2. The van der Waals surface area contributed by atoms with Crippen LogP contribution >= 0.6 is 0 Å².